The number of aromatic carboxylic acids is 1. The van der Waals surface area contributed by atoms with Crippen LogP contribution < -0.4 is 5.73 Å². The Morgan fingerprint density at radius 3 is 2.65 bits per heavy atom. The Hall–Kier alpha value is -2.11. The fourth-order valence-corrected chi connectivity index (χ4v) is 1.52. The topological polar surface area (TPSA) is 93.5 Å². The van der Waals surface area contributed by atoms with Gasteiger partial charge in [0.15, 0.2) is 11.3 Å². The number of carbonyl (C=O) groups is 1. The van der Waals surface area contributed by atoms with Crippen LogP contribution >= 0.6 is 0 Å². The van der Waals surface area contributed by atoms with Gasteiger partial charge in [-0.2, -0.15) is 5.10 Å². The fraction of sp³-hybridized carbons (Fsp3) is 0.364. The summed E-state index contributed by atoms with van der Waals surface area (Å²) >= 11 is 0. The van der Waals surface area contributed by atoms with E-state index in [9.17, 15) is 4.79 Å². The molecule has 0 unspecified atom stereocenters. The van der Waals surface area contributed by atoms with Gasteiger partial charge in [0.05, 0.1) is 17.6 Å². The largest absolute Gasteiger partial charge is 0.477 e. The van der Waals surface area contributed by atoms with Crippen molar-refractivity contribution >= 4 is 17.3 Å². The van der Waals surface area contributed by atoms with Crippen LogP contribution in [0, 0.1) is 0 Å². The molecule has 0 bridgehead atoms. The summed E-state index contributed by atoms with van der Waals surface area (Å²) in [4.78, 5) is 15.5. The summed E-state index contributed by atoms with van der Waals surface area (Å²) in [6.07, 6.45) is 1.40. The van der Waals surface area contributed by atoms with Gasteiger partial charge in [0.25, 0.3) is 0 Å². The van der Waals surface area contributed by atoms with Crippen molar-refractivity contribution in [2.24, 2.45) is 0 Å². The van der Waals surface area contributed by atoms with E-state index in [1.165, 1.54) is 16.8 Å². The molecule has 6 heteroatoms. The van der Waals surface area contributed by atoms with E-state index in [4.69, 9.17) is 10.8 Å². The molecule has 0 aromatic carbocycles. The number of aromatic nitrogens is 3. The van der Waals surface area contributed by atoms with Crippen molar-refractivity contribution < 1.29 is 9.90 Å². The van der Waals surface area contributed by atoms with Crippen LogP contribution in [0.2, 0.25) is 0 Å². The Kier molecular flexibility index (Phi) is 2.30. The second-order valence-corrected chi connectivity index (χ2v) is 4.92. The van der Waals surface area contributed by atoms with E-state index in [2.05, 4.69) is 10.1 Å². The number of rotatable bonds is 1. The van der Waals surface area contributed by atoms with Crippen molar-refractivity contribution in [2.75, 3.05) is 5.73 Å². The predicted molar refractivity (Wildman–Crippen MR) is 63.1 cm³/mol. The summed E-state index contributed by atoms with van der Waals surface area (Å²) in [5.74, 6) is -1.05. The Morgan fingerprint density at radius 1 is 1.47 bits per heavy atom. The average Bonchev–Trinajstić information content (AvgIpc) is 2.58. The molecule has 2 aromatic heterocycles. The highest BCUT2D eigenvalue weighted by atomic mass is 16.4. The average molecular weight is 234 g/mol. The standard InChI is InChI=1S/C11H14N4O2/c1-11(2,3)8-4-7(10(16)17)15-9(14-8)6(12)5-13-15/h4-5H,12H2,1-3H3,(H,16,17). The normalized spacial score (nSPS) is 11.9. The molecule has 0 aliphatic heterocycles. The van der Waals surface area contributed by atoms with Crippen molar-refractivity contribution in [1.82, 2.24) is 14.6 Å². The zero-order valence-corrected chi connectivity index (χ0v) is 9.93. The van der Waals surface area contributed by atoms with E-state index in [-0.39, 0.29) is 11.1 Å². The quantitative estimate of drug-likeness (QED) is 0.775. The molecule has 2 heterocycles. The summed E-state index contributed by atoms with van der Waals surface area (Å²) in [6.45, 7) is 5.89. The number of carboxylic acids is 1. The van der Waals surface area contributed by atoms with E-state index >= 15 is 0 Å². The van der Waals surface area contributed by atoms with Crippen LogP contribution in [0.5, 0.6) is 0 Å². The number of nitrogens with two attached hydrogens (primary N) is 1. The lowest BCUT2D eigenvalue weighted by Crippen LogP contribution is -2.18. The maximum Gasteiger partial charge on any atom is 0.354 e. The van der Waals surface area contributed by atoms with E-state index in [1.807, 2.05) is 20.8 Å². The number of nitrogens with zero attached hydrogens (tertiary/aromatic N) is 3. The van der Waals surface area contributed by atoms with Crippen molar-refractivity contribution in [3.63, 3.8) is 0 Å². The molecule has 0 aliphatic carbocycles. The SMILES string of the molecule is CC(C)(C)c1cc(C(=O)O)n2ncc(N)c2n1. The maximum atomic E-state index is 11.2. The lowest BCUT2D eigenvalue weighted by atomic mass is 9.91. The summed E-state index contributed by atoms with van der Waals surface area (Å²) in [5.41, 5.74) is 6.97. The fourth-order valence-electron chi connectivity index (χ4n) is 1.52. The molecule has 0 aliphatic rings. The predicted octanol–water partition coefficient (Wildman–Crippen LogP) is 1.31. The van der Waals surface area contributed by atoms with Gasteiger partial charge >= 0.3 is 5.97 Å². The molecule has 0 fully saturated rings. The summed E-state index contributed by atoms with van der Waals surface area (Å²) in [6, 6.07) is 1.53. The summed E-state index contributed by atoms with van der Waals surface area (Å²) in [5, 5.41) is 13.1. The number of nitrogen functional groups attached to an aromatic ring is 1. The second-order valence-electron chi connectivity index (χ2n) is 4.92. The number of anilines is 1. The first kappa shape index (κ1) is 11.4. The number of hydrogen-bond acceptors (Lipinski definition) is 4. The second kappa shape index (κ2) is 3.44. The van der Waals surface area contributed by atoms with Gasteiger partial charge in [0.2, 0.25) is 0 Å². The van der Waals surface area contributed by atoms with Gasteiger partial charge in [-0.1, -0.05) is 20.8 Å². The summed E-state index contributed by atoms with van der Waals surface area (Å²) in [7, 11) is 0. The molecule has 2 aromatic rings. The van der Waals surface area contributed by atoms with Gasteiger partial charge in [-0.25, -0.2) is 14.3 Å². The van der Waals surface area contributed by atoms with Crippen molar-refractivity contribution in [3.8, 4) is 0 Å². The minimum atomic E-state index is -1.05. The monoisotopic (exact) mass is 234 g/mol. The van der Waals surface area contributed by atoms with Crippen LogP contribution in [0.25, 0.3) is 5.65 Å². The first-order valence-corrected chi connectivity index (χ1v) is 5.19. The van der Waals surface area contributed by atoms with Gasteiger partial charge in [-0.3, -0.25) is 0 Å². The molecule has 6 nitrogen and oxygen atoms in total. The molecule has 0 saturated carbocycles. The van der Waals surface area contributed by atoms with E-state index < -0.39 is 5.97 Å². The summed E-state index contributed by atoms with van der Waals surface area (Å²) < 4.78 is 1.24. The van der Waals surface area contributed by atoms with Gasteiger partial charge in [0.1, 0.15) is 0 Å². The third-order valence-corrected chi connectivity index (χ3v) is 2.49. The number of hydrogen-bond donors (Lipinski definition) is 2. The van der Waals surface area contributed by atoms with Crippen LogP contribution in [0.4, 0.5) is 5.69 Å². The van der Waals surface area contributed by atoms with E-state index in [0.29, 0.717) is 17.0 Å². The molecule has 0 radical (unpaired) electrons. The van der Waals surface area contributed by atoms with Crippen LogP contribution in [-0.2, 0) is 5.41 Å². The van der Waals surface area contributed by atoms with E-state index in [1.54, 1.807) is 0 Å². The zero-order chi connectivity index (χ0) is 12.8. The minimum Gasteiger partial charge on any atom is -0.477 e. The minimum absolute atomic E-state index is 0.0663. The lowest BCUT2D eigenvalue weighted by Gasteiger charge is -2.18. The van der Waals surface area contributed by atoms with Gasteiger partial charge < -0.3 is 10.8 Å². The van der Waals surface area contributed by atoms with Crippen LogP contribution in [0.1, 0.15) is 37.0 Å². The third kappa shape index (κ3) is 1.82. The molecule has 0 saturated heterocycles. The highest BCUT2D eigenvalue weighted by Crippen LogP contribution is 2.23. The Morgan fingerprint density at radius 2 is 2.12 bits per heavy atom. The van der Waals surface area contributed by atoms with Crippen molar-refractivity contribution in [3.05, 3.63) is 23.7 Å². The first-order chi connectivity index (χ1) is 7.80. The molecule has 0 amide bonds. The molecule has 2 rings (SSSR count). The van der Waals surface area contributed by atoms with E-state index in [0.717, 1.165) is 0 Å². The van der Waals surface area contributed by atoms with Crippen LogP contribution in [0.3, 0.4) is 0 Å². The smallest absolute Gasteiger partial charge is 0.354 e. The van der Waals surface area contributed by atoms with Crippen LogP contribution in [0.15, 0.2) is 12.3 Å². The molecule has 90 valence electrons. The number of fused-ring (bicyclic) bond motifs is 1. The van der Waals surface area contributed by atoms with Gasteiger partial charge in [0, 0.05) is 5.41 Å². The van der Waals surface area contributed by atoms with Crippen molar-refractivity contribution in [2.45, 2.75) is 26.2 Å². The van der Waals surface area contributed by atoms with Crippen molar-refractivity contribution in [1.29, 1.82) is 0 Å². The highest BCUT2D eigenvalue weighted by molar-refractivity contribution is 5.87. The molecule has 17 heavy (non-hydrogen) atoms. The molecular weight excluding hydrogens is 220 g/mol. The third-order valence-electron chi connectivity index (χ3n) is 2.49. The van der Waals surface area contributed by atoms with Gasteiger partial charge in [-0.15, -0.1) is 0 Å². The lowest BCUT2D eigenvalue weighted by molar-refractivity contribution is 0.0687. The Labute approximate surface area is 98.1 Å². The maximum absolute atomic E-state index is 11.2. The molecule has 0 atom stereocenters. The van der Waals surface area contributed by atoms with Gasteiger partial charge in [-0.05, 0) is 6.07 Å². The van der Waals surface area contributed by atoms with Crippen LogP contribution in [-0.4, -0.2) is 25.7 Å². The molecule has 3 N–H and O–H groups in total. The highest BCUT2D eigenvalue weighted by Gasteiger charge is 2.21. The zero-order valence-electron chi connectivity index (χ0n) is 9.93. The Bertz CT molecular complexity index is 595. The Balaban J connectivity index is 2.83. The molecular formula is C11H14N4O2. The molecule has 0 spiro atoms. The first-order valence-electron chi connectivity index (χ1n) is 5.19. The number of carboxylic acid groups (broad SMARTS) is 1.